The van der Waals surface area contributed by atoms with E-state index in [0.29, 0.717) is 6.54 Å². The van der Waals surface area contributed by atoms with Gasteiger partial charge in [0.15, 0.2) is 0 Å². The summed E-state index contributed by atoms with van der Waals surface area (Å²) >= 11 is 0. The summed E-state index contributed by atoms with van der Waals surface area (Å²) in [6, 6.07) is 10.4. The highest BCUT2D eigenvalue weighted by molar-refractivity contribution is 7.89. The molecule has 5 nitrogen and oxygen atoms in total. The first-order chi connectivity index (χ1) is 10.9. The van der Waals surface area contributed by atoms with E-state index in [-0.39, 0.29) is 11.9 Å². The number of sulfonamides is 1. The highest BCUT2D eigenvalue weighted by atomic mass is 32.2. The first-order valence-electron chi connectivity index (χ1n) is 8.14. The van der Waals surface area contributed by atoms with Crippen LogP contribution in [0.2, 0.25) is 0 Å². The van der Waals surface area contributed by atoms with E-state index in [2.05, 4.69) is 12.1 Å². The normalized spacial score (nSPS) is 19.1. The third-order valence-electron chi connectivity index (χ3n) is 4.42. The fourth-order valence-electron chi connectivity index (χ4n) is 2.98. The van der Waals surface area contributed by atoms with Crippen molar-refractivity contribution in [2.75, 3.05) is 26.4 Å². The van der Waals surface area contributed by atoms with Crippen molar-refractivity contribution in [3.63, 3.8) is 0 Å². The molecule has 0 unspecified atom stereocenters. The van der Waals surface area contributed by atoms with E-state index >= 15 is 0 Å². The molecular formula is C17H26N2O3S. The molecule has 0 aromatic heterocycles. The molecule has 1 saturated heterocycles. The maximum absolute atomic E-state index is 12.5. The van der Waals surface area contributed by atoms with Crippen LogP contribution >= 0.6 is 0 Å². The Morgan fingerprint density at radius 1 is 1.22 bits per heavy atom. The van der Waals surface area contributed by atoms with Gasteiger partial charge in [0.05, 0.1) is 0 Å². The van der Waals surface area contributed by atoms with E-state index in [1.165, 1.54) is 19.7 Å². The fraction of sp³-hybridized carbons (Fsp3) is 0.588. The van der Waals surface area contributed by atoms with Gasteiger partial charge in [0.1, 0.15) is 5.75 Å². The Hall–Kier alpha value is -1.40. The van der Waals surface area contributed by atoms with Gasteiger partial charge in [-0.1, -0.05) is 30.3 Å². The number of hydrogen-bond acceptors (Lipinski definition) is 3. The van der Waals surface area contributed by atoms with E-state index in [1.807, 2.05) is 18.2 Å². The molecule has 6 heteroatoms. The Bertz CT molecular complexity index is 614. The summed E-state index contributed by atoms with van der Waals surface area (Å²) in [5, 5.41) is 0. The van der Waals surface area contributed by atoms with Gasteiger partial charge in [-0.05, 0) is 37.7 Å². The Morgan fingerprint density at radius 2 is 1.91 bits per heavy atom. The average Bonchev–Trinajstić information content (AvgIpc) is 2.53. The van der Waals surface area contributed by atoms with E-state index in [9.17, 15) is 13.2 Å². The second kappa shape index (κ2) is 7.93. The summed E-state index contributed by atoms with van der Waals surface area (Å²) in [6.45, 7) is 0.668. The number of piperidine rings is 1. The van der Waals surface area contributed by atoms with Crippen LogP contribution in [-0.4, -0.2) is 56.0 Å². The summed E-state index contributed by atoms with van der Waals surface area (Å²) in [5.74, 6) is -0.696. The topological polar surface area (TPSA) is 57.7 Å². The number of carbonyl (C=O) groups is 1. The zero-order valence-electron chi connectivity index (χ0n) is 13.9. The van der Waals surface area contributed by atoms with Gasteiger partial charge in [-0.15, -0.1) is 0 Å². The van der Waals surface area contributed by atoms with Crippen LogP contribution in [0.3, 0.4) is 0 Å². The first-order valence-corrected chi connectivity index (χ1v) is 9.74. The minimum atomic E-state index is -3.50. The van der Waals surface area contributed by atoms with Gasteiger partial charge >= 0.3 is 0 Å². The van der Waals surface area contributed by atoms with Gasteiger partial charge in [-0.2, -0.15) is 0 Å². The third-order valence-corrected chi connectivity index (χ3v) is 6.14. The van der Waals surface area contributed by atoms with Crippen LogP contribution in [0.1, 0.15) is 31.2 Å². The van der Waals surface area contributed by atoms with Crippen LogP contribution < -0.4 is 0 Å². The van der Waals surface area contributed by atoms with Crippen LogP contribution in [0.15, 0.2) is 30.3 Å². The minimum Gasteiger partial charge on any atom is -0.339 e. The van der Waals surface area contributed by atoms with Crippen molar-refractivity contribution in [1.29, 1.82) is 0 Å². The molecule has 1 amide bonds. The molecule has 0 N–H and O–H groups in total. The lowest BCUT2D eigenvalue weighted by atomic mass is 9.96. The van der Waals surface area contributed by atoms with E-state index in [4.69, 9.17) is 0 Å². The maximum atomic E-state index is 12.5. The van der Waals surface area contributed by atoms with Crippen molar-refractivity contribution in [3.05, 3.63) is 35.9 Å². The smallest absolute Gasteiger partial charge is 0.239 e. The predicted molar refractivity (Wildman–Crippen MR) is 91.6 cm³/mol. The molecule has 23 heavy (non-hydrogen) atoms. The highest BCUT2D eigenvalue weighted by Gasteiger charge is 2.30. The van der Waals surface area contributed by atoms with Crippen LogP contribution in [0.5, 0.6) is 0 Å². The fourth-order valence-corrected chi connectivity index (χ4v) is 3.71. The number of rotatable bonds is 6. The van der Waals surface area contributed by atoms with Crippen molar-refractivity contribution in [2.24, 2.45) is 0 Å². The van der Waals surface area contributed by atoms with Gasteiger partial charge in [0.2, 0.25) is 15.9 Å². The van der Waals surface area contributed by atoms with Crippen LogP contribution in [0.25, 0.3) is 0 Å². The number of aryl methyl sites for hydroxylation is 1. The number of amides is 1. The van der Waals surface area contributed by atoms with Crippen molar-refractivity contribution in [1.82, 2.24) is 9.21 Å². The lowest BCUT2D eigenvalue weighted by Crippen LogP contribution is -2.47. The molecule has 1 atom stereocenters. The van der Waals surface area contributed by atoms with Gasteiger partial charge in [-0.3, -0.25) is 4.79 Å². The van der Waals surface area contributed by atoms with Crippen molar-refractivity contribution < 1.29 is 13.2 Å². The predicted octanol–water partition coefficient (Wildman–Crippen LogP) is 1.89. The second-order valence-electron chi connectivity index (χ2n) is 6.30. The second-order valence-corrected chi connectivity index (χ2v) is 8.48. The molecule has 0 radical (unpaired) electrons. The van der Waals surface area contributed by atoms with Crippen LogP contribution in [0, 0.1) is 0 Å². The Balaban J connectivity index is 1.99. The Labute approximate surface area is 139 Å². The highest BCUT2D eigenvalue weighted by Crippen LogP contribution is 2.22. The molecule has 2 rings (SSSR count). The molecule has 0 saturated carbocycles. The number of carbonyl (C=O) groups excluding carboxylic acids is 1. The molecule has 0 bridgehead atoms. The third kappa shape index (κ3) is 5.04. The SMILES string of the molecule is CN(C)S(=O)(=O)CC(=O)N1CCCC[C@@H]1CCc1ccccc1. The summed E-state index contributed by atoms with van der Waals surface area (Å²) in [4.78, 5) is 14.2. The summed E-state index contributed by atoms with van der Waals surface area (Å²) in [5.41, 5.74) is 1.26. The van der Waals surface area contributed by atoms with Gasteiger partial charge in [0, 0.05) is 26.7 Å². The molecule has 1 aromatic carbocycles. The zero-order chi connectivity index (χ0) is 16.9. The van der Waals surface area contributed by atoms with Crippen LogP contribution in [-0.2, 0) is 21.2 Å². The summed E-state index contributed by atoms with van der Waals surface area (Å²) < 4.78 is 25.0. The standard InChI is InChI=1S/C17H26N2O3S/c1-18(2)23(21,22)14-17(20)19-13-7-6-10-16(19)12-11-15-8-4-3-5-9-15/h3-5,8-9,16H,6-7,10-14H2,1-2H3/t16-/m1/s1. The molecule has 0 aliphatic carbocycles. The largest absolute Gasteiger partial charge is 0.339 e. The minimum absolute atomic E-state index is 0.147. The quantitative estimate of drug-likeness (QED) is 0.796. The molecule has 1 aromatic rings. The molecule has 1 fully saturated rings. The maximum Gasteiger partial charge on any atom is 0.239 e. The molecule has 1 aliphatic heterocycles. The van der Waals surface area contributed by atoms with Crippen molar-refractivity contribution in [3.8, 4) is 0 Å². The number of likely N-dealkylation sites (tertiary alicyclic amines) is 1. The van der Waals surface area contributed by atoms with E-state index < -0.39 is 15.8 Å². The van der Waals surface area contributed by atoms with Gasteiger partial charge in [-0.25, -0.2) is 12.7 Å². The number of hydrogen-bond donors (Lipinski definition) is 0. The van der Waals surface area contributed by atoms with Crippen LogP contribution in [0.4, 0.5) is 0 Å². The van der Waals surface area contributed by atoms with Crippen molar-refractivity contribution in [2.45, 2.75) is 38.1 Å². The average molecular weight is 338 g/mol. The molecule has 0 spiro atoms. The van der Waals surface area contributed by atoms with Gasteiger partial charge < -0.3 is 4.90 Å². The Morgan fingerprint density at radius 3 is 2.57 bits per heavy atom. The van der Waals surface area contributed by atoms with Crippen molar-refractivity contribution >= 4 is 15.9 Å². The molecule has 128 valence electrons. The Kier molecular flexibility index (Phi) is 6.18. The van der Waals surface area contributed by atoms with E-state index in [0.717, 1.165) is 36.4 Å². The lowest BCUT2D eigenvalue weighted by Gasteiger charge is -2.36. The lowest BCUT2D eigenvalue weighted by molar-refractivity contribution is -0.132. The summed E-state index contributed by atoms with van der Waals surface area (Å²) in [7, 11) is -0.567. The van der Waals surface area contributed by atoms with Gasteiger partial charge in [0.25, 0.3) is 0 Å². The number of nitrogens with zero attached hydrogens (tertiary/aromatic N) is 2. The first kappa shape index (κ1) is 17.9. The molecule has 1 aliphatic rings. The molecular weight excluding hydrogens is 312 g/mol. The molecule has 1 heterocycles. The summed E-state index contributed by atoms with van der Waals surface area (Å²) in [6.07, 6.45) is 4.81. The monoisotopic (exact) mass is 338 g/mol. The number of benzene rings is 1. The van der Waals surface area contributed by atoms with E-state index in [1.54, 1.807) is 4.90 Å². The zero-order valence-corrected chi connectivity index (χ0v) is 14.8.